The summed E-state index contributed by atoms with van der Waals surface area (Å²) >= 11 is 1.69. The van der Waals surface area contributed by atoms with Crippen LogP contribution in [0.15, 0.2) is 54.2 Å². The smallest absolute Gasteiger partial charge is 0.146 e. The lowest BCUT2D eigenvalue weighted by molar-refractivity contribution is 0.0272. The summed E-state index contributed by atoms with van der Waals surface area (Å²) < 4.78 is 7.99. The van der Waals surface area contributed by atoms with Crippen LogP contribution in [0.25, 0.3) is 21.3 Å². The molecule has 0 spiro atoms. The SMILES string of the molecule is CN(C)Cc1nc(N2CCOC(Cn3cccn3)C2)c2c(-c3ccccc3)csc2n1. The van der Waals surface area contributed by atoms with Gasteiger partial charge in [0.25, 0.3) is 0 Å². The minimum Gasteiger partial charge on any atom is -0.373 e. The zero-order valence-corrected chi connectivity index (χ0v) is 18.6. The fourth-order valence-electron chi connectivity index (χ4n) is 4.02. The van der Waals surface area contributed by atoms with Crippen molar-refractivity contribution in [3.63, 3.8) is 0 Å². The summed E-state index contributed by atoms with van der Waals surface area (Å²) in [5, 5.41) is 7.68. The van der Waals surface area contributed by atoms with E-state index in [4.69, 9.17) is 14.7 Å². The molecule has 31 heavy (non-hydrogen) atoms. The summed E-state index contributed by atoms with van der Waals surface area (Å²) in [6.45, 7) is 3.70. The first-order valence-electron chi connectivity index (χ1n) is 10.5. The third kappa shape index (κ3) is 4.32. The van der Waals surface area contributed by atoms with Crippen molar-refractivity contribution in [2.24, 2.45) is 0 Å². The van der Waals surface area contributed by atoms with Gasteiger partial charge in [0.2, 0.25) is 0 Å². The van der Waals surface area contributed by atoms with Gasteiger partial charge >= 0.3 is 0 Å². The minimum atomic E-state index is 0.0646. The maximum Gasteiger partial charge on any atom is 0.146 e. The van der Waals surface area contributed by atoms with Gasteiger partial charge in [0, 0.05) is 36.4 Å². The van der Waals surface area contributed by atoms with Crippen molar-refractivity contribution in [1.29, 1.82) is 0 Å². The van der Waals surface area contributed by atoms with Crippen LogP contribution in [-0.4, -0.2) is 64.5 Å². The molecule has 0 N–H and O–H groups in total. The third-order valence-electron chi connectivity index (χ3n) is 5.39. The molecule has 1 atom stereocenters. The van der Waals surface area contributed by atoms with E-state index in [-0.39, 0.29) is 6.10 Å². The lowest BCUT2D eigenvalue weighted by atomic mass is 10.1. The molecule has 0 amide bonds. The summed E-state index contributed by atoms with van der Waals surface area (Å²) in [7, 11) is 4.10. The number of rotatable bonds is 6. The number of morpholine rings is 1. The highest BCUT2D eigenvalue weighted by atomic mass is 32.1. The number of ether oxygens (including phenoxy) is 1. The van der Waals surface area contributed by atoms with Crippen molar-refractivity contribution >= 4 is 27.4 Å². The molecule has 0 saturated carbocycles. The van der Waals surface area contributed by atoms with E-state index < -0.39 is 0 Å². The molecule has 1 fully saturated rings. The topological polar surface area (TPSA) is 59.3 Å². The Hall–Kier alpha value is -2.81. The predicted octanol–water partition coefficient (Wildman–Crippen LogP) is 3.52. The van der Waals surface area contributed by atoms with Crippen LogP contribution in [0, 0.1) is 0 Å². The van der Waals surface area contributed by atoms with Crippen LogP contribution in [0.2, 0.25) is 0 Å². The van der Waals surface area contributed by atoms with Gasteiger partial charge in [-0.15, -0.1) is 11.3 Å². The second-order valence-electron chi connectivity index (χ2n) is 8.06. The molecule has 3 aromatic heterocycles. The first-order valence-corrected chi connectivity index (χ1v) is 11.4. The normalized spacial score (nSPS) is 17.0. The van der Waals surface area contributed by atoms with Gasteiger partial charge in [-0.05, 0) is 25.7 Å². The number of hydrogen-bond donors (Lipinski definition) is 0. The monoisotopic (exact) mass is 434 g/mol. The number of hydrogen-bond acceptors (Lipinski definition) is 7. The molecule has 0 aliphatic carbocycles. The molecule has 1 unspecified atom stereocenters. The Kier molecular flexibility index (Phi) is 5.67. The van der Waals surface area contributed by atoms with E-state index in [9.17, 15) is 0 Å². The largest absolute Gasteiger partial charge is 0.373 e. The van der Waals surface area contributed by atoms with Crippen LogP contribution in [-0.2, 0) is 17.8 Å². The number of aromatic nitrogens is 4. The second kappa shape index (κ2) is 8.74. The average Bonchev–Trinajstić information content (AvgIpc) is 3.43. The van der Waals surface area contributed by atoms with Gasteiger partial charge in [0.15, 0.2) is 0 Å². The lowest BCUT2D eigenvalue weighted by Gasteiger charge is -2.34. The predicted molar refractivity (Wildman–Crippen MR) is 124 cm³/mol. The van der Waals surface area contributed by atoms with Gasteiger partial charge in [-0.25, -0.2) is 9.97 Å². The number of benzene rings is 1. The summed E-state index contributed by atoms with van der Waals surface area (Å²) in [4.78, 5) is 15.5. The van der Waals surface area contributed by atoms with Crippen molar-refractivity contribution in [2.45, 2.75) is 19.2 Å². The van der Waals surface area contributed by atoms with Gasteiger partial charge in [0.1, 0.15) is 16.5 Å². The van der Waals surface area contributed by atoms with Crippen LogP contribution >= 0.6 is 11.3 Å². The van der Waals surface area contributed by atoms with E-state index in [0.29, 0.717) is 13.2 Å². The van der Waals surface area contributed by atoms with E-state index in [1.54, 1.807) is 17.5 Å². The van der Waals surface area contributed by atoms with E-state index in [0.717, 1.165) is 41.5 Å². The molecular formula is C23H26N6OS. The summed E-state index contributed by atoms with van der Waals surface area (Å²) in [6.07, 6.45) is 3.85. The first kappa shape index (κ1) is 20.1. The molecule has 1 saturated heterocycles. The van der Waals surface area contributed by atoms with Crippen molar-refractivity contribution in [1.82, 2.24) is 24.6 Å². The lowest BCUT2D eigenvalue weighted by Crippen LogP contribution is -2.45. The molecule has 5 rings (SSSR count). The molecule has 0 radical (unpaired) electrons. The van der Waals surface area contributed by atoms with E-state index in [1.165, 1.54) is 11.1 Å². The van der Waals surface area contributed by atoms with Crippen molar-refractivity contribution in [3.8, 4) is 11.1 Å². The Balaban J connectivity index is 1.55. The van der Waals surface area contributed by atoms with Gasteiger partial charge < -0.3 is 14.5 Å². The molecule has 7 nitrogen and oxygen atoms in total. The minimum absolute atomic E-state index is 0.0646. The molecule has 1 aliphatic heterocycles. The highest BCUT2D eigenvalue weighted by Crippen LogP contribution is 2.38. The summed E-state index contributed by atoms with van der Waals surface area (Å²) in [5.74, 6) is 1.86. The number of anilines is 1. The van der Waals surface area contributed by atoms with Crippen LogP contribution < -0.4 is 4.90 Å². The molecule has 4 heterocycles. The first-order chi connectivity index (χ1) is 15.2. The van der Waals surface area contributed by atoms with Gasteiger partial charge in [0.05, 0.1) is 31.2 Å². The molecule has 1 aliphatic rings. The quantitative estimate of drug-likeness (QED) is 0.463. The van der Waals surface area contributed by atoms with Crippen LogP contribution in [0.3, 0.4) is 0 Å². The summed E-state index contributed by atoms with van der Waals surface area (Å²) in [6, 6.07) is 12.5. The number of thiophene rings is 1. The third-order valence-corrected chi connectivity index (χ3v) is 6.26. The van der Waals surface area contributed by atoms with Crippen molar-refractivity contribution < 1.29 is 4.74 Å². The van der Waals surface area contributed by atoms with E-state index in [2.05, 4.69) is 44.5 Å². The number of fused-ring (bicyclic) bond motifs is 1. The molecule has 8 heteroatoms. The maximum atomic E-state index is 6.05. The Morgan fingerprint density at radius 3 is 2.81 bits per heavy atom. The Morgan fingerprint density at radius 2 is 2.03 bits per heavy atom. The van der Waals surface area contributed by atoms with Crippen molar-refractivity contribution in [2.75, 3.05) is 38.7 Å². The van der Waals surface area contributed by atoms with Crippen LogP contribution in [0.4, 0.5) is 5.82 Å². The fourth-order valence-corrected chi connectivity index (χ4v) is 4.98. The van der Waals surface area contributed by atoms with Crippen LogP contribution in [0.5, 0.6) is 0 Å². The maximum absolute atomic E-state index is 6.05. The average molecular weight is 435 g/mol. The van der Waals surface area contributed by atoms with Gasteiger partial charge in [-0.1, -0.05) is 30.3 Å². The van der Waals surface area contributed by atoms with E-state index in [1.807, 2.05) is 37.1 Å². The number of nitrogens with zero attached hydrogens (tertiary/aromatic N) is 6. The van der Waals surface area contributed by atoms with Gasteiger partial charge in [-0.3, -0.25) is 4.68 Å². The van der Waals surface area contributed by atoms with Crippen LogP contribution in [0.1, 0.15) is 5.82 Å². The molecular weight excluding hydrogens is 408 g/mol. The highest BCUT2D eigenvalue weighted by Gasteiger charge is 2.26. The second-order valence-corrected chi connectivity index (χ2v) is 8.92. The molecule has 0 bridgehead atoms. The van der Waals surface area contributed by atoms with E-state index >= 15 is 0 Å². The molecule has 160 valence electrons. The highest BCUT2D eigenvalue weighted by molar-refractivity contribution is 7.17. The Labute approximate surface area is 185 Å². The standard InChI is InChI=1S/C23H26N6OS/c1-27(2)15-20-25-22(28-11-12-30-18(13-28)14-29-10-6-9-24-29)21-19(16-31-23(21)26-20)17-7-4-3-5-8-17/h3-10,16,18H,11-15H2,1-2H3. The summed E-state index contributed by atoms with van der Waals surface area (Å²) in [5.41, 5.74) is 2.39. The zero-order valence-electron chi connectivity index (χ0n) is 17.8. The molecule has 4 aromatic rings. The van der Waals surface area contributed by atoms with Crippen molar-refractivity contribution in [3.05, 3.63) is 60.0 Å². The fraction of sp³-hybridized carbons (Fsp3) is 0.348. The Morgan fingerprint density at radius 1 is 1.16 bits per heavy atom. The zero-order chi connectivity index (χ0) is 21.2. The Bertz CT molecular complexity index is 1140. The molecule has 1 aromatic carbocycles. The van der Waals surface area contributed by atoms with Gasteiger partial charge in [-0.2, -0.15) is 5.10 Å².